The lowest BCUT2D eigenvalue weighted by molar-refractivity contribution is 0.630. The van der Waals surface area contributed by atoms with Gasteiger partial charge >= 0.3 is 0 Å². The van der Waals surface area contributed by atoms with Gasteiger partial charge in [0, 0.05) is 24.0 Å². The number of aromatic nitrogens is 1. The van der Waals surface area contributed by atoms with Crippen LogP contribution in [-0.4, -0.2) is 11.5 Å². The van der Waals surface area contributed by atoms with Crippen molar-refractivity contribution in [1.29, 1.82) is 0 Å². The third kappa shape index (κ3) is 3.82. The highest BCUT2D eigenvalue weighted by molar-refractivity contribution is 5.69. The molecule has 0 unspecified atom stereocenters. The van der Waals surface area contributed by atoms with Crippen molar-refractivity contribution in [2.45, 2.75) is 20.3 Å². The first-order valence-electron chi connectivity index (χ1n) is 7.39. The SMILES string of the molecule is C=C(NCC/C=C\C)c1ccc(-c2ncccc2C)c(F)c1. The van der Waals surface area contributed by atoms with Crippen LogP contribution in [0.2, 0.25) is 0 Å². The van der Waals surface area contributed by atoms with Crippen LogP contribution in [0.3, 0.4) is 0 Å². The Morgan fingerprint density at radius 2 is 2.18 bits per heavy atom. The Hall–Kier alpha value is -2.42. The Balaban J connectivity index is 2.16. The number of pyridine rings is 1. The fourth-order valence-corrected chi connectivity index (χ4v) is 2.24. The molecule has 2 nitrogen and oxygen atoms in total. The van der Waals surface area contributed by atoms with Crippen molar-refractivity contribution >= 4 is 5.70 Å². The molecule has 2 rings (SSSR count). The van der Waals surface area contributed by atoms with E-state index in [-0.39, 0.29) is 5.82 Å². The van der Waals surface area contributed by atoms with Gasteiger partial charge < -0.3 is 5.32 Å². The summed E-state index contributed by atoms with van der Waals surface area (Å²) < 4.78 is 14.4. The molecule has 1 heterocycles. The Kier molecular flexibility index (Phi) is 5.48. The molecule has 0 amide bonds. The minimum atomic E-state index is -0.282. The maximum Gasteiger partial charge on any atom is 0.133 e. The largest absolute Gasteiger partial charge is 0.385 e. The van der Waals surface area contributed by atoms with Crippen molar-refractivity contribution in [2.24, 2.45) is 0 Å². The van der Waals surface area contributed by atoms with Crippen LogP contribution in [0.1, 0.15) is 24.5 Å². The normalized spacial score (nSPS) is 10.9. The molecule has 1 N–H and O–H groups in total. The zero-order chi connectivity index (χ0) is 15.9. The number of rotatable bonds is 6. The number of hydrogen-bond donors (Lipinski definition) is 1. The van der Waals surface area contributed by atoms with E-state index in [2.05, 4.69) is 23.0 Å². The monoisotopic (exact) mass is 296 g/mol. The summed E-state index contributed by atoms with van der Waals surface area (Å²) in [4.78, 5) is 4.27. The summed E-state index contributed by atoms with van der Waals surface area (Å²) in [5.41, 5.74) is 3.64. The van der Waals surface area contributed by atoms with Crippen LogP contribution in [0.15, 0.2) is 55.3 Å². The number of nitrogens with zero attached hydrogens (tertiary/aromatic N) is 1. The van der Waals surface area contributed by atoms with E-state index in [1.54, 1.807) is 12.3 Å². The summed E-state index contributed by atoms with van der Waals surface area (Å²) in [5, 5.41) is 3.20. The van der Waals surface area contributed by atoms with E-state index < -0.39 is 0 Å². The van der Waals surface area contributed by atoms with Crippen molar-refractivity contribution in [3.63, 3.8) is 0 Å². The molecular formula is C19H21FN2. The molecule has 0 fully saturated rings. The van der Waals surface area contributed by atoms with Gasteiger partial charge in [0.05, 0.1) is 5.69 Å². The Morgan fingerprint density at radius 1 is 1.36 bits per heavy atom. The Labute approximate surface area is 131 Å². The van der Waals surface area contributed by atoms with Gasteiger partial charge in [0.25, 0.3) is 0 Å². The number of allylic oxidation sites excluding steroid dienone is 1. The van der Waals surface area contributed by atoms with E-state index in [0.717, 1.165) is 29.8 Å². The number of nitrogens with one attached hydrogen (secondary N) is 1. The van der Waals surface area contributed by atoms with Crippen LogP contribution in [0.25, 0.3) is 17.0 Å². The molecule has 0 spiro atoms. The second-order valence-corrected chi connectivity index (χ2v) is 5.13. The molecule has 0 aliphatic heterocycles. The molecule has 2 aromatic rings. The lowest BCUT2D eigenvalue weighted by Crippen LogP contribution is -2.12. The molecule has 0 atom stereocenters. The second kappa shape index (κ2) is 7.55. The molecule has 1 aromatic heterocycles. The van der Waals surface area contributed by atoms with Gasteiger partial charge in [-0.25, -0.2) is 4.39 Å². The lowest BCUT2D eigenvalue weighted by Gasteiger charge is -2.11. The summed E-state index contributed by atoms with van der Waals surface area (Å²) in [6, 6.07) is 8.92. The third-order valence-corrected chi connectivity index (χ3v) is 3.47. The highest BCUT2D eigenvalue weighted by Gasteiger charge is 2.10. The Morgan fingerprint density at radius 3 is 2.86 bits per heavy atom. The predicted octanol–water partition coefficient (Wildman–Crippen LogP) is 4.72. The molecule has 0 aliphatic rings. The minimum Gasteiger partial charge on any atom is -0.385 e. The van der Waals surface area contributed by atoms with Gasteiger partial charge in [-0.3, -0.25) is 4.98 Å². The summed E-state index contributed by atoms with van der Waals surface area (Å²) in [6.07, 6.45) is 6.68. The molecule has 0 saturated carbocycles. The molecule has 0 aliphatic carbocycles. The van der Waals surface area contributed by atoms with Crippen LogP contribution in [0, 0.1) is 12.7 Å². The number of halogens is 1. The standard InChI is InChI=1S/C19H21FN2/c1-4-5-6-11-21-15(3)16-9-10-17(18(20)13-16)19-14(2)8-7-12-22-19/h4-5,7-10,12-13,21H,3,6,11H2,1-2H3/b5-4-. The van der Waals surface area contributed by atoms with E-state index >= 15 is 0 Å². The van der Waals surface area contributed by atoms with Crippen molar-refractivity contribution in [1.82, 2.24) is 10.3 Å². The van der Waals surface area contributed by atoms with E-state index in [9.17, 15) is 4.39 Å². The van der Waals surface area contributed by atoms with Gasteiger partial charge in [-0.1, -0.05) is 30.9 Å². The number of hydrogen-bond acceptors (Lipinski definition) is 2. The van der Waals surface area contributed by atoms with Crippen molar-refractivity contribution in [3.05, 3.63) is 72.2 Å². The first-order chi connectivity index (χ1) is 10.6. The van der Waals surface area contributed by atoms with Gasteiger partial charge in [0.1, 0.15) is 5.82 Å². The molecule has 1 aromatic carbocycles. The maximum atomic E-state index is 14.4. The fraction of sp³-hybridized carbons (Fsp3) is 0.211. The Bertz CT molecular complexity index is 690. The van der Waals surface area contributed by atoms with Gasteiger partial charge in [-0.2, -0.15) is 0 Å². The first-order valence-corrected chi connectivity index (χ1v) is 7.39. The van der Waals surface area contributed by atoms with Gasteiger partial charge in [0.2, 0.25) is 0 Å². The minimum absolute atomic E-state index is 0.282. The van der Waals surface area contributed by atoms with Crippen LogP contribution in [0.4, 0.5) is 4.39 Å². The van der Waals surface area contributed by atoms with Crippen LogP contribution < -0.4 is 5.32 Å². The summed E-state index contributed by atoms with van der Waals surface area (Å²) >= 11 is 0. The number of aryl methyl sites for hydroxylation is 1. The molecule has 0 radical (unpaired) electrons. The number of benzene rings is 1. The topological polar surface area (TPSA) is 24.9 Å². The van der Waals surface area contributed by atoms with Crippen molar-refractivity contribution in [2.75, 3.05) is 6.54 Å². The fourth-order valence-electron chi connectivity index (χ4n) is 2.24. The molecular weight excluding hydrogens is 275 g/mol. The summed E-state index contributed by atoms with van der Waals surface area (Å²) in [5.74, 6) is -0.282. The first kappa shape index (κ1) is 16.0. The highest BCUT2D eigenvalue weighted by Crippen LogP contribution is 2.25. The smallest absolute Gasteiger partial charge is 0.133 e. The van der Waals surface area contributed by atoms with Crippen molar-refractivity contribution < 1.29 is 4.39 Å². The zero-order valence-corrected chi connectivity index (χ0v) is 13.1. The van der Waals surface area contributed by atoms with E-state index in [0.29, 0.717) is 11.3 Å². The summed E-state index contributed by atoms with van der Waals surface area (Å²) in [7, 11) is 0. The molecule has 114 valence electrons. The second-order valence-electron chi connectivity index (χ2n) is 5.13. The summed E-state index contributed by atoms with van der Waals surface area (Å²) in [6.45, 7) is 8.67. The lowest BCUT2D eigenvalue weighted by atomic mass is 10.0. The average molecular weight is 296 g/mol. The molecule has 0 saturated heterocycles. The van der Waals surface area contributed by atoms with E-state index in [4.69, 9.17) is 0 Å². The van der Waals surface area contributed by atoms with Gasteiger partial charge in [-0.15, -0.1) is 0 Å². The van der Waals surface area contributed by atoms with Crippen molar-refractivity contribution in [3.8, 4) is 11.3 Å². The maximum absolute atomic E-state index is 14.4. The van der Waals surface area contributed by atoms with Crippen LogP contribution in [0.5, 0.6) is 0 Å². The van der Waals surface area contributed by atoms with Crippen LogP contribution >= 0.6 is 0 Å². The van der Waals surface area contributed by atoms with E-state index in [1.807, 2.05) is 38.1 Å². The molecule has 22 heavy (non-hydrogen) atoms. The van der Waals surface area contributed by atoms with Gasteiger partial charge in [-0.05, 0) is 49.6 Å². The average Bonchev–Trinajstić information content (AvgIpc) is 2.52. The van der Waals surface area contributed by atoms with Gasteiger partial charge in [0.15, 0.2) is 0 Å². The van der Waals surface area contributed by atoms with Crippen LogP contribution in [-0.2, 0) is 0 Å². The molecule has 0 bridgehead atoms. The van der Waals surface area contributed by atoms with E-state index in [1.165, 1.54) is 6.07 Å². The molecule has 3 heteroatoms. The third-order valence-electron chi connectivity index (χ3n) is 3.47. The quantitative estimate of drug-likeness (QED) is 0.616. The highest BCUT2D eigenvalue weighted by atomic mass is 19.1. The zero-order valence-electron chi connectivity index (χ0n) is 13.1. The predicted molar refractivity (Wildman–Crippen MR) is 90.8 cm³/mol.